The van der Waals surface area contributed by atoms with Crippen LogP contribution in [0.15, 0.2) is 0 Å². The number of aliphatic hydroxyl groups is 1. The van der Waals surface area contributed by atoms with Gasteiger partial charge in [-0.3, -0.25) is 4.79 Å². The summed E-state index contributed by atoms with van der Waals surface area (Å²) >= 11 is 0. The summed E-state index contributed by atoms with van der Waals surface area (Å²) in [4.78, 5) is 11.5. The molecule has 2 fully saturated rings. The molecule has 0 unspecified atom stereocenters. The van der Waals surface area contributed by atoms with Crippen LogP contribution in [0.3, 0.4) is 0 Å². The van der Waals surface area contributed by atoms with E-state index >= 15 is 0 Å². The zero-order valence-corrected chi connectivity index (χ0v) is 7.58. The van der Waals surface area contributed by atoms with Gasteiger partial charge in [0.15, 0.2) is 0 Å². The highest BCUT2D eigenvalue weighted by Gasteiger charge is 2.44. The third kappa shape index (κ3) is 1.84. The highest BCUT2D eigenvalue weighted by Crippen LogP contribution is 2.34. The minimum Gasteiger partial charge on any atom is -0.394 e. The Morgan fingerprint density at radius 1 is 1.62 bits per heavy atom. The average Bonchev–Trinajstić information content (AvgIpc) is 2.69. The van der Waals surface area contributed by atoms with Crippen LogP contribution in [0.5, 0.6) is 0 Å². The van der Waals surface area contributed by atoms with Gasteiger partial charge < -0.3 is 15.2 Å². The molecule has 2 N–H and O–H groups in total. The number of rotatable bonds is 3. The van der Waals surface area contributed by atoms with E-state index < -0.39 is 0 Å². The second-order valence-electron chi connectivity index (χ2n) is 3.93. The normalized spacial score (nSPS) is 30.1. The third-order valence-corrected chi connectivity index (χ3v) is 2.77. The first kappa shape index (κ1) is 8.97. The minimum atomic E-state index is -0.303. The van der Waals surface area contributed by atoms with Gasteiger partial charge in [-0.15, -0.1) is 0 Å². The van der Waals surface area contributed by atoms with E-state index in [1.54, 1.807) is 0 Å². The van der Waals surface area contributed by atoms with Crippen molar-refractivity contribution in [2.24, 2.45) is 0 Å². The maximum absolute atomic E-state index is 11.5. The molecule has 4 heteroatoms. The van der Waals surface area contributed by atoms with Crippen molar-refractivity contribution < 1.29 is 14.6 Å². The summed E-state index contributed by atoms with van der Waals surface area (Å²) in [6.45, 7) is 0.732. The Kier molecular flexibility index (Phi) is 2.26. The van der Waals surface area contributed by atoms with Gasteiger partial charge in [0.1, 0.15) is 6.10 Å². The Bertz CT molecular complexity index is 207. The lowest BCUT2D eigenvalue weighted by molar-refractivity contribution is -0.131. The van der Waals surface area contributed by atoms with Crippen LogP contribution in [0.4, 0.5) is 0 Å². The third-order valence-electron chi connectivity index (χ3n) is 2.77. The fourth-order valence-corrected chi connectivity index (χ4v) is 1.60. The van der Waals surface area contributed by atoms with Crippen molar-refractivity contribution in [2.75, 3.05) is 13.2 Å². The van der Waals surface area contributed by atoms with E-state index in [0.717, 1.165) is 25.7 Å². The molecule has 1 heterocycles. The van der Waals surface area contributed by atoms with E-state index in [2.05, 4.69) is 5.32 Å². The molecular weight excluding hydrogens is 170 g/mol. The number of aliphatic hydroxyl groups excluding tert-OH is 1. The van der Waals surface area contributed by atoms with E-state index in [0.29, 0.717) is 6.61 Å². The predicted octanol–water partition coefficient (Wildman–Crippen LogP) is -0.194. The summed E-state index contributed by atoms with van der Waals surface area (Å²) in [5.41, 5.74) is -0.303. The van der Waals surface area contributed by atoms with Crippen molar-refractivity contribution in [1.82, 2.24) is 5.32 Å². The molecular formula is C9H15NO3. The molecule has 0 aromatic carbocycles. The van der Waals surface area contributed by atoms with Gasteiger partial charge in [0.2, 0.25) is 5.91 Å². The molecule has 4 nitrogen and oxygen atoms in total. The summed E-state index contributed by atoms with van der Waals surface area (Å²) in [6.07, 6.45) is 3.28. The maximum Gasteiger partial charge on any atom is 0.249 e. The van der Waals surface area contributed by atoms with Crippen LogP contribution in [0.2, 0.25) is 0 Å². The molecule has 0 spiro atoms. The summed E-state index contributed by atoms with van der Waals surface area (Å²) in [7, 11) is 0. The zero-order chi connectivity index (χ0) is 9.31. The Balaban J connectivity index is 1.84. The first-order chi connectivity index (χ1) is 6.26. The molecule has 1 saturated heterocycles. The molecule has 0 bridgehead atoms. The second kappa shape index (κ2) is 3.27. The Morgan fingerprint density at radius 2 is 2.38 bits per heavy atom. The van der Waals surface area contributed by atoms with Crippen molar-refractivity contribution in [3.8, 4) is 0 Å². The van der Waals surface area contributed by atoms with Crippen LogP contribution >= 0.6 is 0 Å². The van der Waals surface area contributed by atoms with Crippen LogP contribution in [-0.2, 0) is 9.53 Å². The lowest BCUT2D eigenvalue weighted by atomic mass is 10.2. The number of carbonyl (C=O) groups is 1. The lowest BCUT2D eigenvalue weighted by Crippen LogP contribution is -2.44. The SMILES string of the molecule is O=C(NC1(CO)CC1)[C@@H]1CCCO1. The van der Waals surface area contributed by atoms with E-state index in [9.17, 15) is 4.79 Å². The summed E-state index contributed by atoms with van der Waals surface area (Å²) in [5.74, 6) is -0.0518. The number of ether oxygens (including phenoxy) is 1. The highest BCUT2D eigenvalue weighted by molar-refractivity contribution is 5.82. The van der Waals surface area contributed by atoms with Gasteiger partial charge in [-0.25, -0.2) is 0 Å². The molecule has 74 valence electrons. The van der Waals surface area contributed by atoms with Crippen molar-refractivity contribution in [2.45, 2.75) is 37.3 Å². The monoisotopic (exact) mass is 185 g/mol. The van der Waals surface area contributed by atoms with Crippen LogP contribution in [0.1, 0.15) is 25.7 Å². The molecule has 13 heavy (non-hydrogen) atoms. The van der Waals surface area contributed by atoms with Gasteiger partial charge in [-0.1, -0.05) is 0 Å². The average molecular weight is 185 g/mol. The molecule has 0 radical (unpaired) electrons. The van der Waals surface area contributed by atoms with Gasteiger partial charge in [-0.05, 0) is 25.7 Å². The lowest BCUT2D eigenvalue weighted by Gasteiger charge is -2.17. The molecule has 1 aliphatic heterocycles. The van der Waals surface area contributed by atoms with Crippen molar-refractivity contribution in [3.63, 3.8) is 0 Å². The maximum atomic E-state index is 11.5. The fourth-order valence-electron chi connectivity index (χ4n) is 1.60. The number of nitrogens with one attached hydrogen (secondary N) is 1. The molecule has 1 aliphatic carbocycles. The summed E-state index contributed by atoms with van der Waals surface area (Å²) in [6, 6.07) is 0. The summed E-state index contributed by atoms with van der Waals surface area (Å²) < 4.78 is 5.24. The van der Waals surface area contributed by atoms with Gasteiger partial charge >= 0.3 is 0 Å². The standard InChI is InChI=1S/C9H15NO3/c11-6-9(3-4-9)10-8(12)7-2-1-5-13-7/h7,11H,1-6H2,(H,10,12)/t7-/m0/s1. The quantitative estimate of drug-likeness (QED) is 0.640. The van der Waals surface area contributed by atoms with Crippen LogP contribution in [0, 0.1) is 0 Å². The molecule has 1 saturated carbocycles. The van der Waals surface area contributed by atoms with Crippen molar-refractivity contribution in [3.05, 3.63) is 0 Å². The van der Waals surface area contributed by atoms with Crippen molar-refractivity contribution >= 4 is 5.91 Å². The Hall–Kier alpha value is -0.610. The van der Waals surface area contributed by atoms with Crippen LogP contribution in [-0.4, -0.2) is 35.9 Å². The van der Waals surface area contributed by atoms with Gasteiger partial charge in [-0.2, -0.15) is 0 Å². The smallest absolute Gasteiger partial charge is 0.249 e. The van der Waals surface area contributed by atoms with Crippen LogP contribution < -0.4 is 5.32 Å². The Morgan fingerprint density at radius 3 is 2.85 bits per heavy atom. The molecule has 1 amide bonds. The predicted molar refractivity (Wildman–Crippen MR) is 46.2 cm³/mol. The van der Waals surface area contributed by atoms with Gasteiger partial charge in [0.25, 0.3) is 0 Å². The minimum absolute atomic E-state index is 0.0471. The number of amides is 1. The topological polar surface area (TPSA) is 58.6 Å². The van der Waals surface area contributed by atoms with Crippen LogP contribution in [0.25, 0.3) is 0 Å². The number of hydrogen-bond donors (Lipinski definition) is 2. The largest absolute Gasteiger partial charge is 0.394 e. The van der Waals surface area contributed by atoms with Gasteiger partial charge in [0, 0.05) is 6.61 Å². The van der Waals surface area contributed by atoms with Gasteiger partial charge in [0.05, 0.1) is 12.1 Å². The Labute approximate surface area is 77.3 Å². The van der Waals surface area contributed by atoms with E-state index in [-0.39, 0.29) is 24.2 Å². The highest BCUT2D eigenvalue weighted by atomic mass is 16.5. The molecule has 0 aromatic rings. The number of carbonyl (C=O) groups excluding carboxylic acids is 1. The summed E-state index contributed by atoms with van der Waals surface area (Å²) in [5, 5.41) is 11.8. The molecule has 0 aromatic heterocycles. The molecule has 2 aliphatic rings. The van der Waals surface area contributed by atoms with E-state index in [1.165, 1.54) is 0 Å². The van der Waals surface area contributed by atoms with Crippen molar-refractivity contribution in [1.29, 1.82) is 0 Å². The zero-order valence-electron chi connectivity index (χ0n) is 7.58. The van der Waals surface area contributed by atoms with E-state index in [1.807, 2.05) is 0 Å². The molecule has 2 rings (SSSR count). The second-order valence-corrected chi connectivity index (χ2v) is 3.93. The van der Waals surface area contributed by atoms with E-state index in [4.69, 9.17) is 9.84 Å². The first-order valence-corrected chi connectivity index (χ1v) is 4.80. The molecule has 1 atom stereocenters. The number of hydrogen-bond acceptors (Lipinski definition) is 3. The first-order valence-electron chi connectivity index (χ1n) is 4.80. The fraction of sp³-hybridized carbons (Fsp3) is 0.889.